The van der Waals surface area contributed by atoms with Crippen LogP contribution in [0.4, 0.5) is 0 Å². The molecule has 0 saturated carbocycles. The predicted octanol–water partition coefficient (Wildman–Crippen LogP) is 2.24. The van der Waals surface area contributed by atoms with Crippen LogP contribution in [-0.4, -0.2) is 28.4 Å². The maximum absolute atomic E-state index is 12.1. The molecule has 1 aromatic heterocycles. The van der Waals surface area contributed by atoms with Crippen LogP contribution in [-0.2, 0) is 4.79 Å². The Morgan fingerprint density at radius 3 is 2.94 bits per heavy atom. The van der Waals surface area contributed by atoms with Crippen LogP contribution in [0.3, 0.4) is 0 Å². The summed E-state index contributed by atoms with van der Waals surface area (Å²) in [5.41, 5.74) is 7.11. The topological polar surface area (TPSA) is 59.2 Å². The molecule has 1 aliphatic rings. The molecule has 0 bridgehead atoms. The lowest BCUT2D eigenvalue weighted by Gasteiger charge is -2.32. The predicted molar refractivity (Wildman–Crippen MR) is 73.9 cm³/mol. The molecule has 98 valence electrons. The van der Waals surface area contributed by atoms with E-state index in [2.05, 4.69) is 20.9 Å². The van der Waals surface area contributed by atoms with Gasteiger partial charge in [0.25, 0.3) is 0 Å². The summed E-state index contributed by atoms with van der Waals surface area (Å²) >= 11 is 3.37. The molecule has 0 aromatic carbocycles. The first kappa shape index (κ1) is 13.5. The third-order valence-electron chi connectivity index (χ3n) is 3.38. The van der Waals surface area contributed by atoms with Crippen molar-refractivity contribution in [1.29, 1.82) is 0 Å². The number of pyridine rings is 1. The molecular weight excluding hydrogens is 294 g/mol. The minimum absolute atomic E-state index is 0.0370. The number of amides is 1. The third kappa shape index (κ3) is 2.72. The van der Waals surface area contributed by atoms with E-state index in [0.29, 0.717) is 13.0 Å². The fraction of sp³-hybridized carbons (Fsp3) is 0.538. The van der Waals surface area contributed by atoms with Crippen molar-refractivity contribution in [1.82, 2.24) is 9.88 Å². The summed E-state index contributed by atoms with van der Waals surface area (Å²) in [6.07, 6.45) is 4.08. The fourth-order valence-corrected chi connectivity index (χ4v) is 2.73. The molecule has 4 nitrogen and oxygen atoms in total. The molecule has 1 amide bonds. The molecule has 18 heavy (non-hydrogen) atoms. The standard InChI is InChI=1S/C13H18BrN3O/c1-2-17-12(18)5-3-4-10(15)13(17)11-7-6-9(14)8-16-11/h6-8,10,13H,2-5,15H2,1H3. The molecule has 2 rings (SSSR count). The van der Waals surface area contributed by atoms with Gasteiger partial charge < -0.3 is 10.6 Å². The second-order valence-electron chi connectivity index (χ2n) is 4.58. The molecule has 0 aliphatic carbocycles. The van der Waals surface area contributed by atoms with Gasteiger partial charge in [-0.1, -0.05) is 0 Å². The third-order valence-corrected chi connectivity index (χ3v) is 3.85. The Labute approximate surface area is 116 Å². The van der Waals surface area contributed by atoms with Gasteiger partial charge in [0.1, 0.15) is 0 Å². The van der Waals surface area contributed by atoms with E-state index in [1.807, 2.05) is 24.0 Å². The maximum Gasteiger partial charge on any atom is 0.223 e. The summed E-state index contributed by atoms with van der Waals surface area (Å²) < 4.78 is 0.933. The van der Waals surface area contributed by atoms with Crippen molar-refractivity contribution in [2.24, 2.45) is 5.73 Å². The van der Waals surface area contributed by atoms with E-state index in [1.165, 1.54) is 0 Å². The summed E-state index contributed by atoms with van der Waals surface area (Å²) in [5, 5.41) is 0. The minimum atomic E-state index is -0.0990. The van der Waals surface area contributed by atoms with Gasteiger partial charge in [-0.05, 0) is 47.8 Å². The highest BCUT2D eigenvalue weighted by molar-refractivity contribution is 9.10. The Hall–Kier alpha value is -0.940. The number of aromatic nitrogens is 1. The number of nitrogens with two attached hydrogens (primary N) is 1. The number of nitrogens with zero attached hydrogens (tertiary/aromatic N) is 2. The molecule has 0 radical (unpaired) electrons. The number of likely N-dealkylation sites (tertiary alicyclic amines) is 1. The normalized spacial score (nSPS) is 25.1. The van der Waals surface area contributed by atoms with E-state index < -0.39 is 0 Å². The molecule has 2 N–H and O–H groups in total. The molecule has 2 heterocycles. The van der Waals surface area contributed by atoms with Crippen molar-refractivity contribution in [2.75, 3.05) is 6.54 Å². The highest BCUT2D eigenvalue weighted by Gasteiger charge is 2.32. The van der Waals surface area contributed by atoms with Crippen LogP contribution in [0.25, 0.3) is 0 Å². The average molecular weight is 312 g/mol. The van der Waals surface area contributed by atoms with Gasteiger partial charge in [-0.3, -0.25) is 9.78 Å². The lowest BCUT2D eigenvalue weighted by atomic mass is 10.0. The lowest BCUT2D eigenvalue weighted by molar-refractivity contribution is -0.133. The maximum atomic E-state index is 12.1. The van der Waals surface area contributed by atoms with Crippen LogP contribution in [0, 0.1) is 0 Å². The SMILES string of the molecule is CCN1C(=O)CCCC(N)C1c1ccc(Br)cn1. The van der Waals surface area contributed by atoms with Crippen molar-refractivity contribution < 1.29 is 4.79 Å². The second-order valence-corrected chi connectivity index (χ2v) is 5.50. The van der Waals surface area contributed by atoms with Crippen LogP contribution in [0.1, 0.15) is 37.9 Å². The van der Waals surface area contributed by atoms with Gasteiger partial charge in [0, 0.05) is 29.7 Å². The molecule has 0 spiro atoms. The van der Waals surface area contributed by atoms with Crippen molar-refractivity contribution in [2.45, 2.75) is 38.3 Å². The first-order valence-corrected chi connectivity index (χ1v) is 7.09. The number of carbonyl (C=O) groups is 1. The number of rotatable bonds is 2. The Morgan fingerprint density at radius 2 is 2.33 bits per heavy atom. The van der Waals surface area contributed by atoms with Crippen LogP contribution < -0.4 is 5.73 Å². The van der Waals surface area contributed by atoms with Gasteiger partial charge in [-0.25, -0.2) is 0 Å². The van der Waals surface area contributed by atoms with E-state index in [4.69, 9.17) is 5.73 Å². The summed E-state index contributed by atoms with van der Waals surface area (Å²) in [5.74, 6) is 0.181. The van der Waals surface area contributed by atoms with E-state index >= 15 is 0 Å². The van der Waals surface area contributed by atoms with E-state index in [1.54, 1.807) is 6.20 Å². The summed E-state index contributed by atoms with van der Waals surface area (Å²) in [6.45, 7) is 2.66. The number of hydrogen-bond donors (Lipinski definition) is 1. The monoisotopic (exact) mass is 311 g/mol. The first-order valence-electron chi connectivity index (χ1n) is 6.30. The zero-order valence-corrected chi connectivity index (χ0v) is 12.1. The molecule has 2 atom stereocenters. The molecule has 1 saturated heterocycles. The number of carbonyl (C=O) groups excluding carboxylic acids is 1. The number of likely N-dealkylation sites (N-methyl/N-ethyl adjacent to an activating group) is 1. The van der Waals surface area contributed by atoms with Crippen LogP contribution >= 0.6 is 15.9 Å². The highest BCUT2D eigenvalue weighted by atomic mass is 79.9. The quantitative estimate of drug-likeness (QED) is 0.911. The zero-order valence-electron chi connectivity index (χ0n) is 10.5. The molecule has 1 aliphatic heterocycles. The van der Waals surface area contributed by atoms with E-state index in [9.17, 15) is 4.79 Å². The zero-order chi connectivity index (χ0) is 13.1. The Bertz CT molecular complexity index is 421. The van der Waals surface area contributed by atoms with E-state index in [0.717, 1.165) is 23.0 Å². The summed E-state index contributed by atoms with van der Waals surface area (Å²) in [7, 11) is 0. The minimum Gasteiger partial charge on any atom is -0.333 e. The number of hydrogen-bond acceptors (Lipinski definition) is 3. The van der Waals surface area contributed by atoms with Gasteiger partial charge in [-0.15, -0.1) is 0 Å². The molecule has 1 aromatic rings. The Balaban J connectivity index is 2.35. The lowest BCUT2D eigenvalue weighted by Crippen LogP contribution is -2.42. The molecular formula is C13H18BrN3O. The van der Waals surface area contributed by atoms with Crippen molar-refractivity contribution in [3.63, 3.8) is 0 Å². The molecule has 5 heteroatoms. The van der Waals surface area contributed by atoms with Gasteiger partial charge in [-0.2, -0.15) is 0 Å². The summed E-state index contributed by atoms with van der Waals surface area (Å²) in [6, 6.07) is 3.75. The van der Waals surface area contributed by atoms with Crippen molar-refractivity contribution in [3.8, 4) is 0 Å². The van der Waals surface area contributed by atoms with Gasteiger partial charge in [0.05, 0.1) is 11.7 Å². The smallest absolute Gasteiger partial charge is 0.223 e. The number of halogens is 1. The van der Waals surface area contributed by atoms with Crippen LogP contribution in [0.15, 0.2) is 22.8 Å². The van der Waals surface area contributed by atoms with Crippen molar-refractivity contribution in [3.05, 3.63) is 28.5 Å². The van der Waals surface area contributed by atoms with E-state index in [-0.39, 0.29) is 18.0 Å². The average Bonchev–Trinajstić information content (AvgIpc) is 2.49. The van der Waals surface area contributed by atoms with Crippen LogP contribution in [0.2, 0.25) is 0 Å². The first-order chi connectivity index (χ1) is 8.63. The van der Waals surface area contributed by atoms with Crippen LogP contribution in [0.5, 0.6) is 0 Å². The Kier molecular flexibility index (Phi) is 4.35. The largest absolute Gasteiger partial charge is 0.333 e. The molecule has 2 unspecified atom stereocenters. The van der Waals surface area contributed by atoms with Gasteiger partial charge >= 0.3 is 0 Å². The molecule has 1 fully saturated rings. The van der Waals surface area contributed by atoms with Gasteiger partial charge in [0.15, 0.2) is 0 Å². The summed E-state index contributed by atoms with van der Waals surface area (Å²) in [4.78, 5) is 18.3. The highest BCUT2D eigenvalue weighted by Crippen LogP contribution is 2.29. The van der Waals surface area contributed by atoms with Crippen molar-refractivity contribution >= 4 is 21.8 Å². The Morgan fingerprint density at radius 1 is 1.56 bits per heavy atom. The fourth-order valence-electron chi connectivity index (χ4n) is 2.49. The second kappa shape index (κ2) is 5.80. The van der Waals surface area contributed by atoms with Gasteiger partial charge in [0.2, 0.25) is 5.91 Å².